The van der Waals surface area contributed by atoms with Gasteiger partial charge in [-0.2, -0.15) is 0 Å². The summed E-state index contributed by atoms with van der Waals surface area (Å²) >= 11 is 0. The van der Waals surface area contributed by atoms with E-state index in [1.807, 2.05) is 0 Å². The lowest BCUT2D eigenvalue weighted by atomic mass is 9.76. The number of nitrogens with one attached hydrogen (secondary N) is 2. The molecular weight excluding hydrogens is 332 g/mol. The van der Waals surface area contributed by atoms with Crippen molar-refractivity contribution >= 4 is 5.91 Å². The minimum atomic E-state index is -0.170. The van der Waals surface area contributed by atoms with Crippen LogP contribution in [0.5, 0.6) is 0 Å². The van der Waals surface area contributed by atoms with Gasteiger partial charge in [0, 0.05) is 24.4 Å². The zero-order valence-corrected chi connectivity index (χ0v) is 16.4. The number of carbonyl (C=O) groups is 1. The number of hydrogen-bond acceptors (Lipinski definition) is 2. The van der Waals surface area contributed by atoms with Crippen molar-refractivity contribution in [2.45, 2.75) is 56.5 Å². The van der Waals surface area contributed by atoms with Crippen LogP contribution < -0.4 is 10.6 Å². The van der Waals surface area contributed by atoms with E-state index in [9.17, 15) is 4.79 Å². The molecule has 0 aromatic heterocycles. The first-order valence-corrected chi connectivity index (χ1v) is 10.1. The number of fused-ring (bicyclic) bond motifs is 9. The van der Waals surface area contributed by atoms with Crippen LogP contribution in [0, 0.1) is 5.92 Å². The Kier molecular flexibility index (Phi) is 3.43. The molecule has 2 aromatic rings. The molecule has 3 heteroatoms. The molecule has 2 bridgehead atoms. The highest BCUT2D eigenvalue weighted by Crippen LogP contribution is 2.65. The third-order valence-electron chi connectivity index (χ3n) is 7.42. The second-order valence-corrected chi connectivity index (χ2v) is 9.17. The number of hydrogen-bond donors (Lipinski definition) is 2. The van der Waals surface area contributed by atoms with Gasteiger partial charge in [-0.05, 0) is 61.3 Å². The van der Waals surface area contributed by atoms with E-state index < -0.39 is 0 Å². The fourth-order valence-corrected chi connectivity index (χ4v) is 6.19. The monoisotopic (exact) mass is 360 g/mol. The summed E-state index contributed by atoms with van der Waals surface area (Å²) in [6.45, 7) is 7.09. The molecule has 0 radical (unpaired) electrons. The summed E-state index contributed by atoms with van der Waals surface area (Å²) in [5.74, 6) is 0.719. The van der Waals surface area contributed by atoms with E-state index >= 15 is 0 Å². The normalized spacial score (nSPS) is 35.3. The van der Waals surface area contributed by atoms with Crippen LogP contribution in [0.25, 0.3) is 0 Å². The average Bonchev–Trinajstić information content (AvgIpc) is 3.26. The zero-order chi connectivity index (χ0) is 18.9. The SMILES string of the molecule is CC(=O)NCC[C@]12C[C@H]1C[C@@]1(C)N[C@@](C)(c3ccccc32)c2ccccc21. The lowest BCUT2D eigenvalue weighted by Crippen LogP contribution is -2.47. The molecule has 0 unspecified atom stereocenters. The summed E-state index contributed by atoms with van der Waals surface area (Å²) in [4.78, 5) is 11.4. The van der Waals surface area contributed by atoms with E-state index in [0.29, 0.717) is 5.92 Å². The van der Waals surface area contributed by atoms with Crippen molar-refractivity contribution in [2.24, 2.45) is 5.92 Å². The number of rotatable bonds is 3. The molecule has 140 valence electrons. The number of amides is 1. The number of carbonyl (C=O) groups excluding carboxylic acids is 1. The summed E-state index contributed by atoms with van der Waals surface area (Å²) in [6, 6.07) is 17.9. The molecule has 2 heterocycles. The quantitative estimate of drug-likeness (QED) is 0.870. The lowest BCUT2D eigenvalue weighted by molar-refractivity contribution is -0.118. The van der Waals surface area contributed by atoms with Gasteiger partial charge in [0.2, 0.25) is 5.91 Å². The van der Waals surface area contributed by atoms with E-state index in [4.69, 9.17) is 0 Å². The third-order valence-corrected chi connectivity index (χ3v) is 7.42. The summed E-state index contributed by atoms with van der Waals surface area (Å²) in [5, 5.41) is 7.08. The van der Waals surface area contributed by atoms with Crippen molar-refractivity contribution in [2.75, 3.05) is 6.54 Å². The molecule has 2 aliphatic heterocycles. The van der Waals surface area contributed by atoms with Crippen LogP contribution >= 0.6 is 0 Å². The molecule has 1 aliphatic carbocycles. The molecule has 1 fully saturated rings. The predicted octanol–water partition coefficient (Wildman–Crippen LogP) is 3.96. The topological polar surface area (TPSA) is 41.1 Å². The van der Waals surface area contributed by atoms with Gasteiger partial charge in [-0.25, -0.2) is 0 Å². The van der Waals surface area contributed by atoms with E-state index in [-0.39, 0.29) is 22.4 Å². The molecule has 3 aliphatic rings. The van der Waals surface area contributed by atoms with Crippen LogP contribution in [-0.4, -0.2) is 12.5 Å². The highest BCUT2D eigenvalue weighted by atomic mass is 16.1. The molecule has 3 nitrogen and oxygen atoms in total. The van der Waals surface area contributed by atoms with Crippen molar-refractivity contribution in [1.29, 1.82) is 0 Å². The molecule has 2 aromatic carbocycles. The fourth-order valence-electron chi connectivity index (χ4n) is 6.19. The summed E-state index contributed by atoms with van der Waals surface area (Å²) in [6.07, 6.45) is 3.39. The van der Waals surface area contributed by atoms with Crippen LogP contribution in [0.4, 0.5) is 0 Å². The van der Waals surface area contributed by atoms with Crippen molar-refractivity contribution in [3.05, 3.63) is 70.8 Å². The van der Waals surface area contributed by atoms with Gasteiger partial charge in [0.15, 0.2) is 0 Å². The lowest BCUT2D eigenvalue weighted by Gasteiger charge is -2.39. The molecule has 5 rings (SSSR count). The van der Waals surface area contributed by atoms with Crippen LogP contribution in [0.15, 0.2) is 48.5 Å². The largest absolute Gasteiger partial charge is 0.356 e. The van der Waals surface area contributed by atoms with Gasteiger partial charge >= 0.3 is 0 Å². The van der Waals surface area contributed by atoms with E-state index in [2.05, 4.69) is 73.0 Å². The summed E-state index contributed by atoms with van der Waals surface area (Å²) in [5.41, 5.74) is 5.78. The Morgan fingerprint density at radius 2 is 1.59 bits per heavy atom. The van der Waals surface area contributed by atoms with Crippen molar-refractivity contribution in [3.8, 4) is 0 Å². The van der Waals surface area contributed by atoms with Crippen LogP contribution in [0.2, 0.25) is 0 Å². The molecule has 0 spiro atoms. The Labute approximate surface area is 161 Å². The Bertz CT molecular complexity index is 937. The fraction of sp³-hybridized carbons (Fsp3) is 0.458. The van der Waals surface area contributed by atoms with Gasteiger partial charge in [-0.15, -0.1) is 0 Å². The summed E-state index contributed by atoms with van der Waals surface area (Å²) < 4.78 is 0. The smallest absolute Gasteiger partial charge is 0.216 e. The van der Waals surface area contributed by atoms with Crippen LogP contribution in [-0.2, 0) is 21.3 Å². The Morgan fingerprint density at radius 3 is 2.26 bits per heavy atom. The van der Waals surface area contributed by atoms with Gasteiger partial charge in [0.1, 0.15) is 0 Å². The Hall–Kier alpha value is -2.13. The van der Waals surface area contributed by atoms with Gasteiger partial charge in [0.05, 0.1) is 5.54 Å². The standard InChI is InChI=1S/C24H28N2O/c1-16(27)25-13-12-24-15-17(24)14-22(2)18-8-4-5-9-19(18)23(3,26-22)20-10-6-7-11-21(20)24/h4-11,17,26H,12-15H2,1-3H3,(H,25,27)/t17-,22-,23-,24+/m1/s1. The number of benzene rings is 2. The third kappa shape index (κ3) is 2.27. The van der Waals surface area contributed by atoms with E-state index in [1.54, 1.807) is 6.92 Å². The van der Waals surface area contributed by atoms with Crippen molar-refractivity contribution in [3.63, 3.8) is 0 Å². The summed E-state index contributed by atoms with van der Waals surface area (Å²) in [7, 11) is 0. The molecule has 1 amide bonds. The molecule has 2 N–H and O–H groups in total. The minimum Gasteiger partial charge on any atom is -0.356 e. The first-order valence-electron chi connectivity index (χ1n) is 10.1. The Balaban J connectivity index is 1.66. The van der Waals surface area contributed by atoms with E-state index in [0.717, 1.165) is 19.4 Å². The molecule has 0 saturated heterocycles. The maximum atomic E-state index is 11.4. The highest BCUT2D eigenvalue weighted by Gasteiger charge is 2.62. The predicted molar refractivity (Wildman–Crippen MR) is 108 cm³/mol. The van der Waals surface area contributed by atoms with Crippen LogP contribution in [0.1, 0.15) is 62.3 Å². The first kappa shape index (κ1) is 17.0. The van der Waals surface area contributed by atoms with Gasteiger partial charge in [-0.1, -0.05) is 48.5 Å². The zero-order valence-electron chi connectivity index (χ0n) is 16.4. The molecule has 27 heavy (non-hydrogen) atoms. The minimum absolute atomic E-state index is 0.000699. The second kappa shape index (κ2) is 5.45. The highest BCUT2D eigenvalue weighted by molar-refractivity contribution is 5.72. The van der Waals surface area contributed by atoms with Crippen molar-refractivity contribution < 1.29 is 4.79 Å². The van der Waals surface area contributed by atoms with E-state index in [1.165, 1.54) is 28.7 Å². The first-order chi connectivity index (χ1) is 12.9. The maximum Gasteiger partial charge on any atom is 0.216 e. The van der Waals surface area contributed by atoms with Gasteiger partial charge in [-0.3, -0.25) is 10.1 Å². The molecule has 1 saturated carbocycles. The molecule has 4 atom stereocenters. The van der Waals surface area contributed by atoms with Crippen LogP contribution in [0.3, 0.4) is 0 Å². The second-order valence-electron chi connectivity index (χ2n) is 9.17. The van der Waals surface area contributed by atoms with Crippen molar-refractivity contribution in [1.82, 2.24) is 10.6 Å². The van der Waals surface area contributed by atoms with Gasteiger partial charge < -0.3 is 5.32 Å². The maximum absolute atomic E-state index is 11.4. The average molecular weight is 361 g/mol. The van der Waals surface area contributed by atoms with Gasteiger partial charge in [0.25, 0.3) is 0 Å². The Morgan fingerprint density at radius 1 is 1.00 bits per heavy atom. The molecular formula is C24H28N2O.